The molecular weight excluding hydrogens is 496 g/mol. The Morgan fingerprint density at radius 1 is 0.949 bits per heavy atom. The van der Waals surface area contributed by atoms with Gasteiger partial charge in [0.2, 0.25) is 5.91 Å². The van der Waals surface area contributed by atoms with Gasteiger partial charge in [0.25, 0.3) is 5.91 Å². The average Bonchev–Trinajstić information content (AvgIpc) is 3.39. The molecule has 2 amide bonds. The molecule has 6 N–H and O–H groups in total. The van der Waals surface area contributed by atoms with Crippen molar-refractivity contribution in [2.45, 2.75) is 18.9 Å². The Morgan fingerprint density at radius 3 is 2.41 bits per heavy atom. The number of H-pyrrole nitrogens is 1. The van der Waals surface area contributed by atoms with E-state index in [1.165, 1.54) is 6.07 Å². The fourth-order valence-electron chi connectivity index (χ4n) is 4.55. The molecule has 0 radical (unpaired) electrons. The third-order valence-electron chi connectivity index (χ3n) is 6.68. The molecule has 2 unspecified atom stereocenters. The number of aromatic amines is 1. The van der Waals surface area contributed by atoms with E-state index >= 15 is 0 Å². The summed E-state index contributed by atoms with van der Waals surface area (Å²) >= 11 is 0. The third-order valence-corrected chi connectivity index (χ3v) is 6.68. The Balaban J connectivity index is 1.48. The molecule has 202 valence electrons. The van der Waals surface area contributed by atoms with Crippen LogP contribution in [0.2, 0.25) is 0 Å². The van der Waals surface area contributed by atoms with Crippen molar-refractivity contribution < 1.29 is 23.9 Å². The summed E-state index contributed by atoms with van der Waals surface area (Å²) < 4.78 is 11.1. The summed E-state index contributed by atoms with van der Waals surface area (Å²) in [7, 11) is 1.59. The van der Waals surface area contributed by atoms with Gasteiger partial charge >= 0.3 is 0 Å². The number of methoxy groups -OCH3 is 1. The van der Waals surface area contributed by atoms with E-state index in [0.717, 1.165) is 22.0 Å². The molecule has 9 heteroatoms. The molecule has 4 rings (SSSR count). The summed E-state index contributed by atoms with van der Waals surface area (Å²) in [6.45, 7) is -0.326. The predicted molar refractivity (Wildman–Crippen MR) is 149 cm³/mol. The lowest BCUT2D eigenvalue weighted by Crippen LogP contribution is -2.41. The summed E-state index contributed by atoms with van der Waals surface area (Å²) in [6, 6.07) is 20.9. The average molecular weight is 529 g/mol. The molecule has 4 aromatic rings. The standard InChI is InChI=1S/C30H32N4O5/c1-38-26-12-6-2-8-19(26)14-15-28(36)34-17-23(29(31)22-16-33-24-11-5-3-9-20(22)24)25(35)18-39-27-13-7-4-10-21(27)30(32)37/h2-13,16,23,29,33H,14-15,17-18,31H2,1H3,(H2,32,37)(H,34,36). The molecule has 39 heavy (non-hydrogen) atoms. The molecule has 1 heterocycles. The van der Waals surface area contributed by atoms with Crippen LogP contribution in [0.15, 0.2) is 79.0 Å². The van der Waals surface area contributed by atoms with Gasteiger partial charge in [-0.25, -0.2) is 0 Å². The van der Waals surface area contributed by atoms with Gasteiger partial charge in [0.1, 0.15) is 18.1 Å². The number of carbonyl (C=O) groups is 3. The number of nitrogens with one attached hydrogen (secondary N) is 2. The van der Waals surface area contributed by atoms with Crippen molar-refractivity contribution in [1.29, 1.82) is 0 Å². The van der Waals surface area contributed by atoms with Crippen LogP contribution in [0.4, 0.5) is 0 Å². The number of aromatic nitrogens is 1. The molecule has 0 fully saturated rings. The number of hydrogen-bond donors (Lipinski definition) is 4. The molecule has 1 aromatic heterocycles. The number of primary amides is 1. The number of rotatable bonds is 13. The summed E-state index contributed by atoms with van der Waals surface area (Å²) in [6.07, 6.45) is 2.48. The fraction of sp³-hybridized carbons (Fsp3) is 0.233. The quantitative estimate of drug-likeness (QED) is 0.209. The molecule has 0 saturated carbocycles. The first-order chi connectivity index (χ1) is 18.9. The number of aryl methyl sites for hydroxylation is 1. The molecule has 0 aliphatic carbocycles. The van der Waals surface area contributed by atoms with Crippen LogP contribution in [0, 0.1) is 5.92 Å². The van der Waals surface area contributed by atoms with E-state index in [-0.39, 0.29) is 42.6 Å². The predicted octanol–water partition coefficient (Wildman–Crippen LogP) is 3.29. The van der Waals surface area contributed by atoms with Crippen molar-refractivity contribution in [3.05, 3.63) is 95.7 Å². The highest BCUT2D eigenvalue weighted by Crippen LogP contribution is 2.28. The lowest BCUT2D eigenvalue weighted by Gasteiger charge is -2.23. The van der Waals surface area contributed by atoms with Crippen LogP contribution in [0.5, 0.6) is 11.5 Å². The molecule has 0 bridgehead atoms. The van der Waals surface area contributed by atoms with Crippen LogP contribution in [-0.2, 0) is 16.0 Å². The van der Waals surface area contributed by atoms with Gasteiger partial charge in [0.15, 0.2) is 5.78 Å². The van der Waals surface area contributed by atoms with Crippen molar-refractivity contribution in [1.82, 2.24) is 10.3 Å². The molecule has 0 spiro atoms. The van der Waals surface area contributed by atoms with Gasteiger partial charge in [-0.2, -0.15) is 0 Å². The van der Waals surface area contributed by atoms with Gasteiger partial charge in [-0.1, -0.05) is 48.5 Å². The molecule has 9 nitrogen and oxygen atoms in total. The van der Waals surface area contributed by atoms with E-state index in [1.807, 2.05) is 48.5 Å². The number of carbonyl (C=O) groups excluding carboxylic acids is 3. The zero-order valence-electron chi connectivity index (χ0n) is 21.7. The largest absolute Gasteiger partial charge is 0.496 e. The highest BCUT2D eigenvalue weighted by atomic mass is 16.5. The summed E-state index contributed by atoms with van der Waals surface area (Å²) in [5, 5.41) is 3.76. The first kappa shape index (κ1) is 27.4. The zero-order chi connectivity index (χ0) is 27.8. The maximum Gasteiger partial charge on any atom is 0.252 e. The summed E-state index contributed by atoms with van der Waals surface area (Å²) in [4.78, 5) is 41.1. The number of nitrogens with two attached hydrogens (primary N) is 2. The molecule has 2 atom stereocenters. The number of ether oxygens (including phenoxy) is 2. The van der Waals surface area contributed by atoms with Crippen molar-refractivity contribution in [2.75, 3.05) is 20.3 Å². The molecule has 0 aliphatic rings. The van der Waals surface area contributed by atoms with E-state index in [9.17, 15) is 14.4 Å². The molecule has 0 saturated heterocycles. The number of ketones is 1. The Bertz CT molecular complexity index is 1460. The lowest BCUT2D eigenvalue weighted by atomic mass is 9.90. The first-order valence-corrected chi connectivity index (χ1v) is 12.6. The van der Waals surface area contributed by atoms with E-state index in [1.54, 1.807) is 31.5 Å². The highest BCUT2D eigenvalue weighted by Gasteiger charge is 2.29. The van der Waals surface area contributed by atoms with Gasteiger partial charge < -0.3 is 31.2 Å². The van der Waals surface area contributed by atoms with Crippen molar-refractivity contribution >= 4 is 28.5 Å². The smallest absolute Gasteiger partial charge is 0.252 e. The maximum atomic E-state index is 13.4. The number of benzene rings is 3. The lowest BCUT2D eigenvalue weighted by molar-refractivity contribution is -0.126. The summed E-state index contributed by atoms with van der Waals surface area (Å²) in [5.41, 5.74) is 14.8. The van der Waals surface area contributed by atoms with Gasteiger partial charge in [0.05, 0.1) is 18.6 Å². The van der Waals surface area contributed by atoms with Gasteiger partial charge in [0, 0.05) is 36.1 Å². The van der Waals surface area contributed by atoms with Crippen LogP contribution < -0.4 is 26.3 Å². The second-order valence-electron chi connectivity index (χ2n) is 9.15. The van der Waals surface area contributed by atoms with Crippen molar-refractivity contribution in [2.24, 2.45) is 17.4 Å². The number of Topliss-reactive ketones (excluding diaryl/α,β-unsaturated/α-hetero) is 1. The number of amides is 2. The Labute approximate surface area is 226 Å². The second-order valence-corrected chi connectivity index (χ2v) is 9.15. The van der Waals surface area contributed by atoms with Crippen molar-refractivity contribution in [3.8, 4) is 11.5 Å². The minimum absolute atomic E-state index is 0.0189. The first-order valence-electron chi connectivity index (χ1n) is 12.6. The molecule has 0 aliphatic heterocycles. The second kappa shape index (κ2) is 12.7. The van der Waals surface area contributed by atoms with E-state index in [4.69, 9.17) is 20.9 Å². The normalized spacial score (nSPS) is 12.5. The number of hydrogen-bond acceptors (Lipinski definition) is 6. The minimum atomic E-state index is -0.792. The van der Waals surface area contributed by atoms with Crippen LogP contribution in [0.1, 0.15) is 33.9 Å². The van der Waals surface area contributed by atoms with Crippen LogP contribution >= 0.6 is 0 Å². The van der Waals surface area contributed by atoms with Crippen LogP contribution in [0.3, 0.4) is 0 Å². The number of para-hydroxylation sites is 3. The molecule has 3 aromatic carbocycles. The Morgan fingerprint density at radius 2 is 1.64 bits per heavy atom. The fourth-order valence-corrected chi connectivity index (χ4v) is 4.55. The van der Waals surface area contributed by atoms with Crippen LogP contribution in [-0.4, -0.2) is 42.8 Å². The highest BCUT2D eigenvalue weighted by molar-refractivity contribution is 5.96. The van der Waals surface area contributed by atoms with Crippen molar-refractivity contribution in [3.63, 3.8) is 0 Å². The van der Waals surface area contributed by atoms with E-state index < -0.39 is 17.9 Å². The van der Waals surface area contributed by atoms with Gasteiger partial charge in [-0.05, 0) is 41.8 Å². The Kier molecular flexibility index (Phi) is 8.96. The SMILES string of the molecule is COc1ccccc1CCC(=O)NCC(C(=O)COc1ccccc1C(N)=O)C(N)c1c[nH]c2ccccc12. The minimum Gasteiger partial charge on any atom is -0.496 e. The topological polar surface area (TPSA) is 150 Å². The third kappa shape index (κ3) is 6.63. The summed E-state index contributed by atoms with van der Waals surface area (Å²) in [5.74, 6) is -1.07. The Hall–Kier alpha value is -4.63. The number of fused-ring (bicyclic) bond motifs is 1. The van der Waals surface area contributed by atoms with Gasteiger partial charge in [-0.15, -0.1) is 0 Å². The zero-order valence-corrected chi connectivity index (χ0v) is 21.7. The monoisotopic (exact) mass is 528 g/mol. The van der Waals surface area contributed by atoms with Crippen LogP contribution in [0.25, 0.3) is 10.9 Å². The maximum absolute atomic E-state index is 13.4. The van der Waals surface area contributed by atoms with E-state index in [0.29, 0.717) is 12.2 Å². The van der Waals surface area contributed by atoms with Gasteiger partial charge in [-0.3, -0.25) is 14.4 Å². The molecular formula is C30H32N4O5. The van der Waals surface area contributed by atoms with E-state index in [2.05, 4.69) is 10.3 Å².